The van der Waals surface area contributed by atoms with Gasteiger partial charge in [-0.05, 0) is 30.7 Å². The summed E-state index contributed by atoms with van der Waals surface area (Å²) < 4.78 is 27.2. The van der Waals surface area contributed by atoms with Gasteiger partial charge in [0.1, 0.15) is 16.7 Å². The number of rotatable bonds is 2. The van der Waals surface area contributed by atoms with Crippen LogP contribution in [0.4, 0.5) is 14.5 Å². The van der Waals surface area contributed by atoms with E-state index < -0.39 is 23.2 Å². The third-order valence-electron chi connectivity index (χ3n) is 2.51. The number of amides is 1. The van der Waals surface area contributed by atoms with Gasteiger partial charge in [0, 0.05) is 6.20 Å². The van der Waals surface area contributed by atoms with Crippen molar-refractivity contribution < 1.29 is 13.6 Å². The molecule has 0 aliphatic carbocycles. The summed E-state index contributed by atoms with van der Waals surface area (Å²) in [6, 6.07) is 5.22. The Morgan fingerprint density at radius 2 is 2.00 bits per heavy atom. The van der Waals surface area contributed by atoms with Gasteiger partial charge in [-0.15, -0.1) is 0 Å². The average molecular weight is 283 g/mol. The molecule has 0 bridgehead atoms. The van der Waals surface area contributed by atoms with Crippen LogP contribution in [0.5, 0.6) is 0 Å². The Morgan fingerprint density at radius 1 is 1.26 bits per heavy atom. The van der Waals surface area contributed by atoms with Crippen LogP contribution in [0.1, 0.15) is 15.9 Å². The highest BCUT2D eigenvalue weighted by atomic mass is 35.5. The predicted molar refractivity (Wildman–Crippen MR) is 68.3 cm³/mol. The topological polar surface area (TPSA) is 42.0 Å². The van der Waals surface area contributed by atoms with Crippen LogP contribution in [0.25, 0.3) is 0 Å². The number of carbonyl (C=O) groups is 1. The number of nitrogens with zero attached hydrogens (tertiary/aromatic N) is 1. The van der Waals surface area contributed by atoms with Gasteiger partial charge in [-0.1, -0.05) is 17.7 Å². The minimum absolute atomic E-state index is 0.157. The van der Waals surface area contributed by atoms with Gasteiger partial charge in [0.25, 0.3) is 5.91 Å². The highest BCUT2D eigenvalue weighted by molar-refractivity contribution is 6.29. The molecule has 0 aliphatic rings. The molecule has 2 aromatic rings. The zero-order chi connectivity index (χ0) is 14.0. The van der Waals surface area contributed by atoms with Crippen molar-refractivity contribution in [3.8, 4) is 0 Å². The van der Waals surface area contributed by atoms with Crippen LogP contribution in [-0.4, -0.2) is 10.9 Å². The lowest BCUT2D eigenvalue weighted by Gasteiger charge is -2.09. The number of aromatic nitrogens is 1. The molecule has 1 heterocycles. The standard InChI is InChI=1S/C13H9ClF2N2O/c1-7-2-4-9(15)12(11(7)16)18-13(19)8-3-5-10(14)17-6-8/h2-6H,1H3,(H,18,19). The van der Waals surface area contributed by atoms with Crippen LogP contribution in [0.2, 0.25) is 5.15 Å². The van der Waals surface area contributed by atoms with Crippen molar-refractivity contribution in [1.29, 1.82) is 0 Å². The molecule has 1 aromatic heterocycles. The van der Waals surface area contributed by atoms with Gasteiger partial charge in [-0.2, -0.15) is 0 Å². The number of aryl methyl sites for hydroxylation is 1. The Labute approximate surface area is 113 Å². The molecule has 0 saturated carbocycles. The Morgan fingerprint density at radius 3 is 2.63 bits per heavy atom. The summed E-state index contributed by atoms with van der Waals surface area (Å²) in [6.07, 6.45) is 1.23. The average Bonchev–Trinajstić information content (AvgIpc) is 2.40. The number of benzene rings is 1. The molecule has 6 heteroatoms. The molecule has 3 nitrogen and oxygen atoms in total. The van der Waals surface area contributed by atoms with Gasteiger partial charge in [0.2, 0.25) is 0 Å². The quantitative estimate of drug-likeness (QED) is 0.856. The number of carbonyl (C=O) groups excluding carboxylic acids is 1. The van der Waals surface area contributed by atoms with Crippen molar-refractivity contribution in [2.45, 2.75) is 6.92 Å². The van der Waals surface area contributed by atoms with Crippen LogP contribution in [-0.2, 0) is 0 Å². The highest BCUT2D eigenvalue weighted by Gasteiger charge is 2.15. The van der Waals surface area contributed by atoms with Gasteiger partial charge in [-0.3, -0.25) is 4.79 Å². The van der Waals surface area contributed by atoms with E-state index in [1.165, 1.54) is 31.3 Å². The van der Waals surface area contributed by atoms with E-state index in [0.29, 0.717) is 0 Å². The number of pyridine rings is 1. The summed E-state index contributed by atoms with van der Waals surface area (Å²) in [4.78, 5) is 15.5. The zero-order valence-electron chi connectivity index (χ0n) is 9.88. The van der Waals surface area contributed by atoms with Crippen molar-refractivity contribution in [1.82, 2.24) is 4.98 Å². The highest BCUT2D eigenvalue weighted by Crippen LogP contribution is 2.22. The lowest BCUT2D eigenvalue weighted by atomic mass is 10.2. The molecule has 1 amide bonds. The van der Waals surface area contributed by atoms with Gasteiger partial charge in [0.05, 0.1) is 5.56 Å². The maximum atomic E-state index is 13.7. The van der Waals surface area contributed by atoms with Crippen LogP contribution >= 0.6 is 11.6 Å². The van der Waals surface area contributed by atoms with Crippen LogP contribution in [0.15, 0.2) is 30.5 Å². The van der Waals surface area contributed by atoms with Crippen molar-refractivity contribution in [3.05, 3.63) is 58.4 Å². The summed E-state index contributed by atoms with van der Waals surface area (Å²) >= 11 is 5.58. The fourth-order valence-electron chi connectivity index (χ4n) is 1.47. The second kappa shape index (κ2) is 5.32. The first-order valence-electron chi connectivity index (χ1n) is 5.36. The van der Waals surface area contributed by atoms with E-state index in [1.54, 1.807) is 0 Å². The lowest BCUT2D eigenvalue weighted by molar-refractivity contribution is 0.102. The Balaban J connectivity index is 2.29. The Bertz CT molecular complexity index is 629. The Hall–Kier alpha value is -2.01. The molecule has 1 N–H and O–H groups in total. The normalized spacial score (nSPS) is 10.3. The third-order valence-corrected chi connectivity index (χ3v) is 2.74. The summed E-state index contributed by atoms with van der Waals surface area (Å²) in [5, 5.41) is 2.41. The largest absolute Gasteiger partial charge is 0.317 e. The van der Waals surface area contributed by atoms with Gasteiger partial charge in [0.15, 0.2) is 5.82 Å². The summed E-state index contributed by atoms with van der Waals surface area (Å²) in [6.45, 7) is 1.48. The van der Waals surface area contributed by atoms with Crippen LogP contribution in [0, 0.1) is 18.6 Å². The van der Waals surface area contributed by atoms with Crippen molar-refractivity contribution in [3.63, 3.8) is 0 Å². The summed E-state index contributed by atoms with van der Waals surface area (Å²) in [5.41, 5.74) is -0.0735. The number of nitrogens with one attached hydrogen (secondary N) is 1. The lowest BCUT2D eigenvalue weighted by Crippen LogP contribution is -2.15. The monoisotopic (exact) mass is 282 g/mol. The smallest absolute Gasteiger partial charge is 0.257 e. The maximum Gasteiger partial charge on any atom is 0.257 e. The summed E-state index contributed by atoms with van der Waals surface area (Å²) in [7, 11) is 0. The van der Waals surface area contributed by atoms with E-state index in [-0.39, 0.29) is 16.3 Å². The second-order valence-corrected chi connectivity index (χ2v) is 4.26. The molecule has 0 spiro atoms. The van der Waals surface area contributed by atoms with E-state index in [9.17, 15) is 13.6 Å². The molecule has 98 valence electrons. The zero-order valence-corrected chi connectivity index (χ0v) is 10.6. The van der Waals surface area contributed by atoms with E-state index in [1.807, 2.05) is 0 Å². The van der Waals surface area contributed by atoms with Crippen molar-refractivity contribution >= 4 is 23.2 Å². The van der Waals surface area contributed by atoms with E-state index in [4.69, 9.17) is 11.6 Å². The molecule has 19 heavy (non-hydrogen) atoms. The maximum absolute atomic E-state index is 13.7. The van der Waals surface area contributed by atoms with Gasteiger partial charge < -0.3 is 5.32 Å². The minimum Gasteiger partial charge on any atom is -0.317 e. The second-order valence-electron chi connectivity index (χ2n) is 3.88. The molecule has 2 rings (SSSR count). The molecule has 0 radical (unpaired) electrons. The first-order valence-corrected chi connectivity index (χ1v) is 5.74. The van der Waals surface area contributed by atoms with Gasteiger partial charge in [-0.25, -0.2) is 13.8 Å². The molecule has 0 saturated heterocycles. The molecular formula is C13H9ClF2N2O. The molecule has 1 aromatic carbocycles. The minimum atomic E-state index is -0.835. The molecule has 0 atom stereocenters. The first kappa shape index (κ1) is 13.4. The molecular weight excluding hydrogens is 274 g/mol. The van der Waals surface area contributed by atoms with Gasteiger partial charge >= 0.3 is 0 Å². The SMILES string of the molecule is Cc1ccc(F)c(NC(=O)c2ccc(Cl)nc2)c1F. The number of anilines is 1. The Kier molecular flexibility index (Phi) is 3.76. The van der Waals surface area contributed by atoms with Crippen molar-refractivity contribution in [2.75, 3.05) is 5.32 Å². The van der Waals surface area contributed by atoms with E-state index in [0.717, 1.165) is 6.07 Å². The first-order chi connectivity index (χ1) is 8.99. The fraction of sp³-hybridized carbons (Fsp3) is 0.0769. The third kappa shape index (κ3) is 2.88. The predicted octanol–water partition coefficient (Wildman–Crippen LogP) is 3.57. The van der Waals surface area contributed by atoms with Crippen molar-refractivity contribution in [2.24, 2.45) is 0 Å². The number of halogens is 3. The molecule has 0 aliphatic heterocycles. The van der Waals surface area contributed by atoms with Crippen LogP contribution < -0.4 is 5.32 Å². The molecule has 0 unspecified atom stereocenters. The van der Waals surface area contributed by atoms with E-state index in [2.05, 4.69) is 10.3 Å². The fourth-order valence-corrected chi connectivity index (χ4v) is 1.58. The summed E-state index contributed by atoms with van der Waals surface area (Å²) in [5.74, 6) is -2.29. The molecule has 0 fully saturated rings. The van der Waals surface area contributed by atoms with E-state index >= 15 is 0 Å². The van der Waals surface area contributed by atoms with Crippen LogP contribution in [0.3, 0.4) is 0 Å². The number of hydrogen-bond donors (Lipinski definition) is 1. The number of hydrogen-bond acceptors (Lipinski definition) is 2.